The topological polar surface area (TPSA) is 59.5 Å². The van der Waals surface area contributed by atoms with Gasteiger partial charge in [-0.1, -0.05) is 24.3 Å². The summed E-state index contributed by atoms with van der Waals surface area (Å²) in [6.07, 6.45) is 4.11. The van der Waals surface area contributed by atoms with E-state index in [0.29, 0.717) is 11.7 Å². The van der Waals surface area contributed by atoms with Crippen molar-refractivity contribution >= 4 is 26.8 Å². The molecule has 1 aliphatic heterocycles. The number of piperidine rings is 1. The number of likely N-dealkylation sites (tertiary alicyclic amines) is 1. The Morgan fingerprint density at radius 1 is 1.10 bits per heavy atom. The van der Waals surface area contributed by atoms with Crippen LogP contribution in [0.1, 0.15) is 35.7 Å². The minimum absolute atomic E-state index is 0.201. The number of nitrogens with zero attached hydrogens (tertiary/aromatic N) is 1. The number of rotatable bonds is 3. The molecular weight excluding hydrogens is 440 g/mol. The molecule has 30 heavy (non-hydrogen) atoms. The van der Waals surface area contributed by atoms with Crippen LogP contribution in [0.25, 0.3) is 10.9 Å². The van der Waals surface area contributed by atoms with Crippen molar-refractivity contribution in [1.82, 2.24) is 9.88 Å². The van der Waals surface area contributed by atoms with Crippen molar-refractivity contribution in [2.45, 2.75) is 37.8 Å². The summed E-state index contributed by atoms with van der Waals surface area (Å²) < 4.78 is 1.14. The van der Waals surface area contributed by atoms with Crippen LogP contribution in [-0.2, 0) is 12.8 Å². The number of aromatic amines is 1. The molecule has 1 saturated heterocycles. The van der Waals surface area contributed by atoms with Crippen LogP contribution in [0, 0.1) is 17.8 Å². The number of H-pyrrole nitrogens is 1. The van der Waals surface area contributed by atoms with E-state index in [1.165, 1.54) is 28.6 Å². The van der Waals surface area contributed by atoms with Gasteiger partial charge in [0.15, 0.2) is 0 Å². The number of nitrogens with one attached hydrogen (secondary N) is 1. The lowest BCUT2D eigenvalue weighted by molar-refractivity contribution is 0.0583. The SMILES string of the molecule is Oc1cccc(C(C2CC2O)N2CCC3Cc4[nH]c5c(Br)cccc5c4CC3C2)c1. The van der Waals surface area contributed by atoms with Crippen LogP contribution in [0.4, 0.5) is 0 Å². The number of aliphatic hydroxyl groups is 1. The Morgan fingerprint density at radius 2 is 1.93 bits per heavy atom. The lowest BCUT2D eigenvalue weighted by Gasteiger charge is -2.44. The predicted octanol–water partition coefficient (Wildman–Crippen LogP) is 4.79. The molecule has 2 fully saturated rings. The first-order valence-corrected chi connectivity index (χ1v) is 11.9. The van der Waals surface area contributed by atoms with Crippen molar-refractivity contribution in [2.75, 3.05) is 13.1 Å². The van der Waals surface area contributed by atoms with E-state index in [1.807, 2.05) is 12.1 Å². The highest BCUT2D eigenvalue weighted by molar-refractivity contribution is 9.10. The van der Waals surface area contributed by atoms with Gasteiger partial charge in [-0.25, -0.2) is 0 Å². The third kappa shape index (κ3) is 3.10. The number of benzene rings is 2. The number of phenolic OH excluding ortho intramolecular Hbond substituents is 1. The third-order valence-corrected chi connectivity index (χ3v) is 8.31. The van der Waals surface area contributed by atoms with Gasteiger partial charge in [-0.2, -0.15) is 0 Å². The molecule has 0 amide bonds. The van der Waals surface area contributed by atoms with Crippen LogP contribution in [0.2, 0.25) is 0 Å². The molecule has 156 valence electrons. The quantitative estimate of drug-likeness (QED) is 0.519. The van der Waals surface area contributed by atoms with Gasteiger partial charge in [-0.3, -0.25) is 4.90 Å². The Labute approximate surface area is 185 Å². The predicted molar refractivity (Wildman–Crippen MR) is 122 cm³/mol. The molecule has 3 aliphatic rings. The number of aliphatic hydroxyl groups excluding tert-OH is 1. The summed E-state index contributed by atoms with van der Waals surface area (Å²) in [5.41, 5.74) is 5.29. The minimum atomic E-state index is -0.209. The number of phenols is 1. The first-order valence-electron chi connectivity index (χ1n) is 11.1. The summed E-state index contributed by atoms with van der Waals surface area (Å²) >= 11 is 3.71. The fraction of sp³-hybridized carbons (Fsp3) is 0.440. The molecule has 5 heteroatoms. The lowest BCUT2D eigenvalue weighted by atomic mass is 9.73. The van der Waals surface area contributed by atoms with Crippen molar-refractivity contribution in [3.8, 4) is 5.75 Å². The molecule has 1 saturated carbocycles. The number of aromatic nitrogens is 1. The molecular formula is C25H27BrN2O2. The highest BCUT2D eigenvalue weighted by Crippen LogP contribution is 2.48. The maximum absolute atomic E-state index is 10.2. The number of halogens is 1. The highest BCUT2D eigenvalue weighted by Gasteiger charge is 2.47. The van der Waals surface area contributed by atoms with E-state index in [1.54, 1.807) is 6.07 Å². The van der Waals surface area contributed by atoms with Crippen LogP contribution < -0.4 is 0 Å². The molecule has 6 rings (SSSR count). The standard InChI is InChI=1S/C25H27BrN2O2/c26-21-6-2-5-18-19-10-16-13-28(8-7-14(16)11-22(19)27-24(18)21)25(20-12-23(20)30)15-3-1-4-17(29)9-15/h1-6,9,14,16,20,23,25,27,29-30H,7-8,10-13H2. The number of aromatic hydroxyl groups is 1. The number of para-hydroxylation sites is 1. The zero-order valence-electron chi connectivity index (χ0n) is 16.9. The van der Waals surface area contributed by atoms with Gasteiger partial charge in [0, 0.05) is 34.1 Å². The largest absolute Gasteiger partial charge is 0.508 e. The van der Waals surface area contributed by atoms with E-state index in [0.717, 1.165) is 48.3 Å². The molecule has 5 atom stereocenters. The van der Waals surface area contributed by atoms with Crippen molar-refractivity contribution in [3.05, 3.63) is 63.8 Å². The average molecular weight is 467 g/mol. The molecule has 0 bridgehead atoms. The van der Waals surface area contributed by atoms with E-state index in [-0.39, 0.29) is 18.1 Å². The Kier molecular flexibility index (Phi) is 4.48. The van der Waals surface area contributed by atoms with Gasteiger partial charge in [-0.15, -0.1) is 0 Å². The molecule has 0 radical (unpaired) electrons. The van der Waals surface area contributed by atoms with Gasteiger partial charge in [0.2, 0.25) is 0 Å². The van der Waals surface area contributed by atoms with E-state index in [4.69, 9.17) is 0 Å². The van der Waals surface area contributed by atoms with Crippen LogP contribution in [-0.4, -0.2) is 39.3 Å². The van der Waals surface area contributed by atoms with Gasteiger partial charge in [-0.05, 0) is 89.3 Å². The van der Waals surface area contributed by atoms with Gasteiger partial charge < -0.3 is 15.2 Å². The Morgan fingerprint density at radius 3 is 2.73 bits per heavy atom. The fourth-order valence-corrected chi connectivity index (χ4v) is 6.53. The molecule has 3 aromatic rings. The summed E-state index contributed by atoms with van der Waals surface area (Å²) in [5.74, 6) is 1.95. The van der Waals surface area contributed by atoms with Crippen LogP contribution in [0.15, 0.2) is 46.9 Å². The first-order chi connectivity index (χ1) is 14.6. The summed E-state index contributed by atoms with van der Waals surface area (Å²) in [5, 5.41) is 21.6. The van der Waals surface area contributed by atoms with Gasteiger partial charge in [0.25, 0.3) is 0 Å². The van der Waals surface area contributed by atoms with Crippen molar-refractivity contribution < 1.29 is 10.2 Å². The number of fused-ring (bicyclic) bond motifs is 4. The van der Waals surface area contributed by atoms with Gasteiger partial charge >= 0.3 is 0 Å². The van der Waals surface area contributed by atoms with Crippen LogP contribution in [0.5, 0.6) is 5.75 Å². The highest BCUT2D eigenvalue weighted by atomic mass is 79.9. The van der Waals surface area contributed by atoms with Gasteiger partial charge in [0.05, 0.1) is 11.6 Å². The molecule has 5 unspecified atom stereocenters. The maximum Gasteiger partial charge on any atom is 0.115 e. The zero-order chi connectivity index (χ0) is 20.4. The normalized spacial score (nSPS) is 29.4. The smallest absolute Gasteiger partial charge is 0.115 e. The summed E-state index contributed by atoms with van der Waals surface area (Å²) in [6, 6.07) is 14.3. The molecule has 3 N–H and O–H groups in total. The first kappa shape index (κ1) is 18.9. The van der Waals surface area contributed by atoms with Crippen molar-refractivity contribution in [1.29, 1.82) is 0 Å². The molecule has 2 heterocycles. The van der Waals surface area contributed by atoms with Crippen molar-refractivity contribution in [2.24, 2.45) is 17.8 Å². The van der Waals surface area contributed by atoms with Crippen LogP contribution >= 0.6 is 15.9 Å². The van der Waals surface area contributed by atoms with Gasteiger partial charge in [0.1, 0.15) is 5.75 Å². The second-order valence-electron chi connectivity index (χ2n) is 9.46. The maximum atomic E-state index is 10.2. The summed E-state index contributed by atoms with van der Waals surface area (Å²) in [6.45, 7) is 2.12. The molecule has 0 spiro atoms. The monoisotopic (exact) mass is 466 g/mol. The second kappa shape index (κ2) is 7.11. The van der Waals surface area contributed by atoms with Crippen LogP contribution in [0.3, 0.4) is 0 Å². The Bertz CT molecular complexity index is 1110. The molecule has 1 aromatic heterocycles. The molecule has 4 nitrogen and oxygen atoms in total. The Balaban J connectivity index is 1.30. The molecule has 2 aliphatic carbocycles. The molecule has 2 aromatic carbocycles. The van der Waals surface area contributed by atoms with Crippen molar-refractivity contribution in [3.63, 3.8) is 0 Å². The summed E-state index contributed by atoms with van der Waals surface area (Å²) in [4.78, 5) is 6.29. The Hall–Kier alpha value is -1.82. The number of hydrogen-bond acceptors (Lipinski definition) is 3. The zero-order valence-corrected chi connectivity index (χ0v) is 18.5. The fourth-order valence-electron chi connectivity index (χ4n) is 6.06. The average Bonchev–Trinajstić information content (AvgIpc) is 3.32. The number of hydrogen-bond donors (Lipinski definition) is 3. The second-order valence-corrected chi connectivity index (χ2v) is 10.3. The lowest BCUT2D eigenvalue weighted by Crippen LogP contribution is -2.46. The van der Waals surface area contributed by atoms with E-state index < -0.39 is 0 Å². The van der Waals surface area contributed by atoms with E-state index in [2.05, 4.69) is 50.1 Å². The third-order valence-electron chi connectivity index (χ3n) is 7.65. The minimum Gasteiger partial charge on any atom is -0.508 e. The summed E-state index contributed by atoms with van der Waals surface area (Å²) in [7, 11) is 0. The van der Waals surface area contributed by atoms with E-state index in [9.17, 15) is 10.2 Å². The van der Waals surface area contributed by atoms with E-state index >= 15 is 0 Å².